The van der Waals surface area contributed by atoms with Crippen molar-refractivity contribution in [2.24, 2.45) is 0 Å². The summed E-state index contributed by atoms with van der Waals surface area (Å²) >= 11 is 0. The fourth-order valence-electron chi connectivity index (χ4n) is 1.60. The average molecular weight is 243 g/mol. The Morgan fingerprint density at radius 1 is 1.25 bits per heavy atom. The van der Waals surface area contributed by atoms with E-state index in [9.17, 15) is 22.4 Å². The monoisotopic (exact) mass is 243 g/mol. The van der Waals surface area contributed by atoms with Crippen LogP contribution in [0.3, 0.4) is 0 Å². The Morgan fingerprint density at radius 3 is 2.19 bits per heavy atom. The predicted octanol–water partition coefficient (Wildman–Crippen LogP) is 1.31. The second kappa shape index (κ2) is 4.99. The summed E-state index contributed by atoms with van der Waals surface area (Å²) in [5.74, 6) is -6.58. The number of hydrogen-bond acceptors (Lipinski definition) is 2. The highest BCUT2D eigenvalue weighted by molar-refractivity contribution is 5.84. The number of carbonyl (C=O) groups excluding carboxylic acids is 1. The largest absolute Gasteiger partial charge is 0.393 e. The first kappa shape index (κ1) is 13.2. The van der Waals surface area contributed by atoms with E-state index in [2.05, 4.69) is 0 Å². The summed E-state index contributed by atoms with van der Waals surface area (Å²) in [5, 5.41) is 11.0. The number of rotatable bonds is 3. The van der Waals surface area contributed by atoms with Crippen molar-refractivity contribution >= 4 is 5.91 Å². The maximum Gasteiger partial charge on any atom is 0.383 e. The summed E-state index contributed by atoms with van der Waals surface area (Å²) in [7, 11) is 0. The van der Waals surface area contributed by atoms with Gasteiger partial charge in [-0.1, -0.05) is 0 Å². The molecule has 0 heterocycles. The molecule has 0 radical (unpaired) electrons. The highest BCUT2D eigenvalue weighted by atomic mass is 19.3. The third-order valence-electron chi connectivity index (χ3n) is 2.61. The molecule has 7 heteroatoms. The topological polar surface area (TPSA) is 49.3 Å². The lowest BCUT2D eigenvalue weighted by Gasteiger charge is -2.27. The average Bonchev–Trinajstić information content (AvgIpc) is 2.21. The van der Waals surface area contributed by atoms with E-state index in [4.69, 9.17) is 5.11 Å². The van der Waals surface area contributed by atoms with Crippen LogP contribution in [0.2, 0.25) is 0 Å². The van der Waals surface area contributed by atoms with E-state index in [0.717, 1.165) is 0 Å². The molecule has 16 heavy (non-hydrogen) atoms. The molecule has 0 aromatic carbocycles. The van der Waals surface area contributed by atoms with Gasteiger partial charge in [0.25, 0.3) is 5.91 Å². The molecule has 0 aromatic heterocycles. The third kappa shape index (κ3) is 3.07. The highest BCUT2D eigenvalue weighted by Crippen LogP contribution is 2.25. The van der Waals surface area contributed by atoms with Gasteiger partial charge in [-0.25, -0.2) is 8.78 Å². The molecule has 1 aliphatic carbocycles. The Morgan fingerprint density at radius 2 is 1.75 bits per heavy atom. The zero-order valence-electron chi connectivity index (χ0n) is 8.43. The molecule has 1 fully saturated rings. The Hall–Kier alpha value is -0.850. The Kier molecular flexibility index (Phi) is 4.12. The molecule has 0 aromatic rings. The number of carbonyl (C=O) groups is 1. The number of halogens is 4. The molecule has 1 saturated carbocycles. The minimum absolute atomic E-state index is 0.326. The van der Waals surface area contributed by atoms with Gasteiger partial charge in [-0.2, -0.15) is 8.78 Å². The second-order valence-corrected chi connectivity index (χ2v) is 3.90. The first-order valence-corrected chi connectivity index (χ1v) is 4.99. The number of amides is 1. The number of aliphatic hydroxyl groups is 1. The number of nitrogens with one attached hydrogen (secondary N) is 1. The van der Waals surface area contributed by atoms with Crippen molar-refractivity contribution in [1.82, 2.24) is 5.32 Å². The van der Waals surface area contributed by atoms with Crippen molar-refractivity contribution in [3.05, 3.63) is 0 Å². The molecule has 0 spiro atoms. The van der Waals surface area contributed by atoms with Gasteiger partial charge in [0.05, 0.1) is 6.10 Å². The van der Waals surface area contributed by atoms with E-state index >= 15 is 0 Å². The zero-order valence-corrected chi connectivity index (χ0v) is 8.43. The van der Waals surface area contributed by atoms with E-state index in [1.165, 1.54) is 0 Å². The van der Waals surface area contributed by atoms with Gasteiger partial charge in [0.15, 0.2) is 0 Å². The van der Waals surface area contributed by atoms with Crippen LogP contribution in [0.25, 0.3) is 0 Å². The van der Waals surface area contributed by atoms with Crippen molar-refractivity contribution in [2.45, 2.75) is 50.2 Å². The zero-order chi connectivity index (χ0) is 12.3. The van der Waals surface area contributed by atoms with Gasteiger partial charge in [0.1, 0.15) is 0 Å². The molecule has 0 bridgehead atoms. The summed E-state index contributed by atoms with van der Waals surface area (Å²) in [5.41, 5.74) is 0. The molecule has 2 N–H and O–H groups in total. The molecule has 1 rings (SSSR count). The lowest BCUT2D eigenvalue weighted by atomic mass is 9.93. The van der Waals surface area contributed by atoms with Crippen LogP contribution in [0.5, 0.6) is 0 Å². The van der Waals surface area contributed by atoms with E-state index < -0.39 is 30.4 Å². The molecule has 1 amide bonds. The lowest BCUT2D eigenvalue weighted by molar-refractivity contribution is -0.170. The first-order chi connectivity index (χ1) is 7.34. The van der Waals surface area contributed by atoms with E-state index in [1.807, 2.05) is 5.32 Å². The van der Waals surface area contributed by atoms with Crippen molar-refractivity contribution < 1.29 is 27.5 Å². The molecule has 0 aliphatic heterocycles. The van der Waals surface area contributed by atoms with Crippen LogP contribution in [0.4, 0.5) is 17.6 Å². The summed E-state index contributed by atoms with van der Waals surface area (Å²) in [6, 6.07) is -0.555. The normalized spacial score (nSPS) is 26.9. The van der Waals surface area contributed by atoms with Gasteiger partial charge in [0.2, 0.25) is 0 Å². The van der Waals surface area contributed by atoms with Crippen molar-refractivity contribution in [1.29, 1.82) is 0 Å². The molecular weight excluding hydrogens is 230 g/mol. The first-order valence-electron chi connectivity index (χ1n) is 4.99. The SMILES string of the molecule is O=C(NC1CCC(O)CC1)C(F)(F)C(F)F. The quantitative estimate of drug-likeness (QED) is 0.734. The molecule has 1 aliphatic rings. The van der Waals surface area contributed by atoms with E-state index in [-0.39, 0.29) is 0 Å². The van der Waals surface area contributed by atoms with Crippen molar-refractivity contribution in [2.75, 3.05) is 0 Å². The van der Waals surface area contributed by atoms with E-state index in [1.54, 1.807) is 0 Å². The smallest absolute Gasteiger partial charge is 0.383 e. The minimum atomic E-state index is -4.64. The molecule has 0 saturated heterocycles. The summed E-state index contributed by atoms with van der Waals surface area (Å²) in [6.45, 7) is 0. The molecule has 0 atom stereocenters. The van der Waals surface area contributed by atoms with Gasteiger partial charge in [-0.15, -0.1) is 0 Å². The fourth-order valence-corrected chi connectivity index (χ4v) is 1.60. The van der Waals surface area contributed by atoms with E-state index in [0.29, 0.717) is 25.7 Å². The van der Waals surface area contributed by atoms with Crippen LogP contribution in [0.1, 0.15) is 25.7 Å². The van der Waals surface area contributed by atoms with Gasteiger partial charge in [-0.3, -0.25) is 4.79 Å². The maximum atomic E-state index is 12.6. The fraction of sp³-hybridized carbons (Fsp3) is 0.889. The predicted molar refractivity (Wildman–Crippen MR) is 47.4 cm³/mol. The Balaban J connectivity index is 2.46. The maximum absolute atomic E-state index is 12.6. The standard InChI is InChI=1S/C9H13F4NO2/c10-7(11)9(12,13)8(16)14-5-1-3-6(15)4-2-5/h5-7,15H,1-4H2,(H,14,16). The minimum Gasteiger partial charge on any atom is -0.393 e. The van der Waals surface area contributed by atoms with Crippen LogP contribution in [-0.4, -0.2) is 35.5 Å². The van der Waals surface area contributed by atoms with Crippen LogP contribution in [0, 0.1) is 0 Å². The summed E-state index contributed by atoms with van der Waals surface area (Å²) in [6.07, 6.45) is -3.08. The van der Waals surface area contributed by atoms with Crippen LogP contribution in [-0.2, 0) is 4.79 Å². The molecule has 0 unspecified atom stereocenters. The molecule has 3 nitrogen and oxygen atoms in total. The third-order valence-corrected chi connectivity index (χ3v) is 2.61. The Labute approximate surface area is 89.8 Å². The number of aliphatic hydroxyl groups excluding tert-OH is 1. The lowest BCUT2D eigenvalue weighted by Crippen LogP contribution is -2.50. The van der Waals surface area contributed by atoms with Crippen LogP contribution in [0.15, 0.2) is 0 Å². The van der Waals surface area contributed by atoms with Crippen LogP contribution < -0.4 is 5.32 Å². The number of alkyl halides is 4. The summed E-state index contributed by atoms with van der Waals surface area (Å²) in [4.78, 5) is 10.9. The van der Waals surface area contributed by atoms with Gasteiger partial charge >= 0.3 is 12.3 Å². The van der Waals surface area contributed by atoms with Gasteiger partial charge in [-0.05, 0) is 25.7 Å². The Bertz CT molecular complexity index is 252. The van der Waals surface area contributed by atoms with Gasteiger partial charge < -0.3 is 10.4 Å². The summed E-state index contributed by atoms with van der Waals surface area (Å²) < 4.78 is 48.8. The second-order valence-electron chi connectivity index (χ2n) is 3.90. The van der Waals surface area contributed by atoms with Crippen LogP contribution >= 0.6 is 0 Å². The van der Waals surface area contributed by atoms with Gasteiger partial charge in [0, 0.05) is 6.04 Å². The van der Waals surface area contributed by atoms with Crippen molar-refractivity contribution in [3.63, 3.8) is 0 Å². The number of hydrogen-bond donors (Lipinski definition) is 2. The highest BCUT2D eigenvalue weighted by Gasteiger charge is 2.49. The molecule has 94 valence electrons. The van der Waals surface area contributed by atoms with Crippen molar-refractivity contribution in [3.8, 4) is 0 Å². The molecular formula is C9H13F4NO2.